The quantitative estimate of drug-likeness (QED) is 0.605. The lowest BCUT2D eigenvalue weighted by Gasteiger charge is -2.25. The summed E-state index contributed by atoms with van der Waals surface area (Å²) < 4.78 is 5.24. The Labute approximate surface area is 193 Å². The van der Waals surface area contributed by atoms with Crippen molar-refractivity contribution >= 4 is 34.9 Å². The van der Waals surface area contributed by atoms with Crippen LogP contribution in [-0.2, 0) is 19.1 Å². The highest BCUT2D eigenvalue weighted by Crippen LogP contribution is 2.25. The summed E-state index contributed by atoms with van der Waals surface area (Å²) in [6.45, 7) is 5.41. The molecule has 8 heteroatoms. The lowest BCUT2D eigenvalue weighted by Crippen LogP contribution is -2.38. The number of rotatable bonds is 7. The topological polar surface area (TPSA) is 103 Å². The molecule has 0 spiro atoms. The summed E-state index contributed by atoms with van der Waals surface area (Å²) in [7, 11) is 0. The number of hydrazone groups is 1. The molecule has 0 bridgehead atoms. The van der Waals surface area contributed by atoms with Crippen molar-refractivity contribution in [3.05, 3.63) is 59.2 Å². The van der Waals surface area contributed by atoms with Crippen molar-refractivity contribution in [1.82, 2.24) is 0 Å². The van der Waals surface area contributed by atoms with Crippen molar-refractivity contribution in [3.63, 3.8) is 0 Å². The van der Waals surface area contributed by atoms with Gasteiger partial charge in [0, 0.05) is 25.1 Å². The standard InChI is InChI=1S/C25H26N4O4/c1-17-6-9-20(10-7-17)28(14-4-13-26)24(31)16-33-25(32)21-11-12-23(30)29(27-21)22-15-18(2)5-8-19(22)3/h5-10,15H,4,11-12,14,16H2,1-3H3. The Hall–Kier alpha value is -3.99. The van der Waals surface area contributed by atoms with Crippen LogP contribution in [0.15, 0.2) is 47.6 Å². The van der Waals surface area contributed by atoms with Crippen LogP contribution >= 0.6 is 0 Å². The zero-order valence-corrected chi connectivity index (χ0v) is 19.0. The van der Waals surface area contributed by atoms with Crippen molar-refractivity contribution in [3.8, 4) is 6.07 Å². The molecule has 0 saturated heterocycles. The van der Waals surface area contributed by atoms with Crippen LogP contribution in [0.25, 0.3) is 0 Å². The first-order valence-electron chi connectivity index (χ1n) is 10.7. The van der Waals surface area contributed by atoms with E-state index in [0.717, 1.165) is 16.7 Å². The molecule has 0 saturated carbocycles. The van der Waals surface area contributed by atoms with Gasteiger partial charge in [-0.15, -0.1) is 0 Å². The van der Waals surface area contributed by atoms with Crippen LogP contribution < -0.4 is 9.91 Å². The number of hydrogen-bond donors (Lipinski definition) is 0. The fourth-order valence-corrected chi connectivity index (χ4v) is 3.41. The molecule has 33 heavy (non-hydrogen) atoms. The van der Waals surface area contributed by atoms with Gasteiger partial charge in [0.25, 0.3) is 5.91 Å². The number of nitriles is 1. The van der Waals surface area contributed by atoms with Gasteiger partial charge in [0.2, 0.25) is 5.91 Å². The average Bonchev–Trinajstić information content (AvgIpc) is 2.80. The van der Waals surface area contributed by atoms with Crippen LogP contribution in [0.5, 0.6) is 0 Å². The molecule has 8 nitrogen and oxygen atoms in total. The van der Waals surface area contributed by atoms with Crippen LogP contribution in [0.1, 0.15) is 36.0 Å². The highest BCUT2D eigenvalue weighted by Gasteiger charge is 2.28. The predicted molar refractivity (Wildman–Crippen MR) is 125 cm³/mol. The summed E-state index contributed by atoms with van der Waals surface area (Å²) >= 11 is 0. The summed E-state index contributed by atoms with van der Waals surface area (Å²) in [5, 5.41) is 14.4. The molecule has 1 aliphatic heterocycles. The van der Waals surface area contributed by atoms with Gasteiger partial charge in [-0.3, -0.25) is 9.59 Å². The van der Waals surface area contributed by atoms with Gasteiger partial charge in [-0.05, 0) is 50.1 Å². The molecule has 0 atom stereocenters. The van der Waals surface area contributed by atoms with Crippen LogP contribution in [0.4, 0.5) is 11.4 Å². The summed E-state index contributed by atoms with van der Waals surface area (Å²) in [6, 6.07) is 15.0. The molecule has 1 aliphatic rings. The number of amides is 2. The lowest BCUT2D eigenvalue weighted by atomic mass is 10.1. The van der Waals surface area contributed by atoms with Crippen LogP contribution in [0.2, 0.25) is 0 Å². The molecular weight excluding hydrogens is 420 g/mol. The van der Waals surface area contributed by atoms with Gasteiger partial charge in [-0.25, -0.2) is 4.79 Å². The third-order valence-electron chi connectivity index (χ3n) is 5.28. The van der Waals surface area contributed by atoms with E-state index >= 15 is 0 Å². The first-order valence-corrected chi connectivity index (χ1v) is 10.7. The van der Waals surface area contributed by atoms with Crippen LogP contribution in [-0.4, -0.2) is 36.6 Å². The molecule has 170 valence electrons. The highest BCUT2D eigenvalue weighted by molar-refractivity contribution is 6.38. The fraction of sp³-hybridized carbons (Fsp3) is 0.320. The third kappa shape index (κ3) is 5.83. The fourth-order valence-electron chi connectivity index (χ4n) is 3.41. The Morgan fingerprint density at radius 2 is 1.79 bits per heavy atom. The van der Waals surface area contributed by atoms with E-state index in [1.807, 2.05) is 57.2 Å². The van der Waals surface area contributed by atoms with Gasteiger partial charge in [-0.2, -0.15) is 15.4 Å². The largest absolute Gasteiger partial charge is 0.451 e. The maximum absolute atomic E-state index is 12.8. The number of esters is 1. The third-order valence-corrected chi connectivity index (χ3v) is 5.28. The summed E-state index contributed by atoms with van der Waals surface area (Å²) in [6.07, 6.45) is 0.406. The second kappa shape index (κ2) is 10.6. The molecule has 2 aromatic rings. The van der Waals surface area contributed by atoms with E-state index in [1.54, 1.807) is 12.1 Å². The SMILES string of the molecule is Cc1ccc(N(CCC#N)C(=O)COC(=O)C2=NN(c3cc(C)ccc3C)C(=O)CC2)cc1. The normalized spacial score (nSPS) is 13.2. The zero-order chi connectivity index (χ0) is 24.0. The van der Waals surface area contributed by atoms with E-state index < -0.39 is 18.5 Å². The number of carbonyl (C=O) groups is 3. The van der Waals surface area contributed by atoms with Crippen molar-refractivity contribution in [2.45, 2.75) is 40.0 Å². The smallest absolute Gasteiger partial charge is 0.355 e. The Morgan fingerprint density at radius 1 is 1.09 bits per heavy atom. The number of anilines is 2. The molecule has 0 radical (unpaired) electrons. The Balaban J connectivity index is 1.72. The van der Waals surface area contributed by atoms with Crippen LogP contribution in [0, 0.1) is 32.1 Å². The maximum atomic E-state index is 12.8. The van der Waals surface area contributed by atoms with Gasteiger partial charge in [0.15, 0.2) is 6.61 Å². The van der Waals surface area contributed by atoms with Crippen molar-refractivity contribution < 1.29 is 19.1 Å². The number of hydrogen-bond acceptors (Lipinski definition) is 6. The molecule has 1 heterocycles. The Morgan fingerprint density at radius 3 is 2.48 bits per heavy atom. The predicted octanol–water partition coefficient (Wildman–Crippen LogP) is 3.58. The molecule has 2 aromatic carbocycles. The number of benzene rings is 2. The average molecular weight is 447 g/mol. The monoisotopic (exact) mass is 446 g/mol. The summed E-state index contributed by atoms with van der Waals surface area (Å²) in [5.41, 5.74) is 4.18. The molecule has 3 rings (SSSR count). The lowest BCUT2D eigenvalue weighted by molar-refractivity contribution is -0.141. The summed E-state index contributed by atoms with van der Waals surface area (Å²) in [5.74, 6) is -1.39. The highest BCUT2D eigenvalue weighted by atomic mass is 16.5. The first-order chi connectivity index (χ1) is 15.8. The van der Waals surface area contributed by atoms with Crippen molar-refractivity contribution in [2.75, 3.05) is 23.1 Å². The van der Waals surface area contributed by atoms with Gasteiger partial charge in [-0.1, -0.05) is 29.8 Å². The van der Waals surface area contributed by atoms with Crippen LogP contribution in [0.3, 0.4) is 0 Å². The number of carbonyl (C=O) groups excluding carboxylic acids is 3. The van der Waals surface area contributed by atoms with Gasteiger partial charge < -0.3 is 9.64 Å². The van der Waals surface area contributed by atoms with Crippen molar-refractivity contribution in [2.24, 2.45) is 5.10 Å². The van der Waals surface area contributed by atoms with E-state index in [0.29, 0.717) is 11.4 Å². The van der Waals surface area contributed by atoms with Gasteiger partial charge in [0.05, 0.1) is 18.2 Å². The van der Waals surface area contributed by atoms with E-state index in [9.17, 15) is 14.4 Å². The molecular formula is C25H26N4O4. The number of ether oxygens (including phenoxy) is 1. The van der Waals surface area contributed by atoms with Gasteiger partial charge >= 0.3 is 5.97 Å². The van der Waals surface area contributed by atoms with Gasteiger partial charge in [0.1, 0.15) is 5.71 Å². The Bertz CT molecular complexity index is 1130. The van der Waals surface area contributed by atoms with E-state index in [-0.39, 0.29) is 37.4 Å². The zero-order valence-electron chi connectivity index (χ0n) is 19.0. The minimum atomic E-state index is -0.740. The molecule has 0 N–H and O–H groups in total. The second-order valence-corrected chi connectivity index (χ2v) is 7.91. The molecule has 2 amide bonds. The van der Waals surface area contributed by atoms with E-state index in [4.69, 9.17) is 10.00 Å². The minimum absolute atomic E-state index is 0.0854. The summed E-state index contributed by atoms with van der Waals surface area (Å²) in [4.78, 5) is 39.3. The van der Waals surface area contributed by atoms with E-state index in [2.05, 4.69) is 5.10 Å². The molecule has 0 unspecified atom stereocenters. The first kappa shape index (κ1) is 23.7. The minimum Gasteiger partial charge on any atom is -0.451 e. The molecule has 0 aliphatic carbocycles. The molecule has 0 fully saturated rings. The number of nitrogens with zero attached hydrogens (tertiary/aromatic N) is 4. The van der Waals surface area contributed by atoms with E-state index in [1.165, 1.54) is 9.91 Å². The second-order valence-electron chi connectivity index (χ2n) is 7.91. The maximum Gasteiger partial charge on any atom is 0.355 e. The number of aryl methyl sites for hydroxylation is 3. The Kier molecular flexibility index (Phi) is 7.57. The van der Waals surface area contributed by atoms with Crippen molar-refractivity contribution in [1.29, 1.82) is 5.26 Å². The molecule has 0 aromatic heterocycles.